The van der Waals surface area contributed by atoms with Crippen molar-refractivity contribution < 1.29 is 9.59 Å². The summed E-state index contributed by atoms with van der Waals surface area (Å²) in [6.45, 7) is 5.40. The molecule has 1 aliphatic heterocycles. The van der Waals surface area contributed by atoms with Crippen molar-refractivity contribution in [1.82, 2.24) is 14.7 Å². The smallest absolute Gasteiger partial charge is 0.312 e. The molecule has 1 aliphatic rings. The normalized spacial score (nSPS) is 14.3. The van der Waals surface area contributed by atoms with E-state index in [1.54, 1.807) is 9.80 Å². The molecular weight excluding hydrogens is 410 g/mol. The molecule has 2 amide bonds. The van der Waals surface area contributed by atoms with Gasteiger partial charge in [-0.25, -0.2) is 0 Å². The van der Waals surface area contributed by atoms with E-state index >= 15 is 0 Å². The van der Waals surface area contributed by atoms with Crippen LogP contribution in [-0.4, -0.2) is 59.2 Å². The molecule has 4 rings (SSSR count). The summed E-state index contributed by atoms with van der Waals surface area (Å²) >= 11 is 0. The third-order valence-electron chi connectivity index (χ3n) is 6.27. The molecule has 1 fully saturated rings. The van der Waals surface area contributed by atoms with Crippen LogP contribution in [0.25, 0.3) is 0 Å². The second kappa shape index (κ2) is 10.9. The van der Waals surface area contributed by atoms with Gasteiger partial charge in [-0.1, -0.05) is 91.0 Å². The maximum Gasteiger partial charge on any atom is 0.312 e. The molecule has 5 nitrogen and oxygen atoms in total. The van der Waals surface area contributed by atoms with Crippen molar-refractivity contribution >= 4 is 11.8 Å². The summed E-state index contributed by atoms with van der Waals surface area (Å²) in [4.78, 5) is 31.7. The van der Waals surface area contributed by atoms with Crippen LogP contribution in [0.15, 0.2) is 91.0 Å². The van der Waals surface area contributed by atoms with Gasteiger partial charge in [-0.2, -0.15) is 0 Å². The Bertz CT molecular complexity index is 993. The van der Waals surface area contributed by atoms with Crippen LogP contribution < -0.4 is 0 Å². The van der Waals surface area contributed by atoms with Gasteiger partial charge in [0.25, 0.3) is 0 Å². The van der Waals surface area contributed by atoms with Gasteiger partial charge in [-0.15, -0.1) is 0 Å². The lowest BCUT2D eigenvalue weighted by Crippen LogP contribution is -2.53. The number of rotatable bonds is 6. The lowest BCUT2D eigenvalue weighted by Gasteiger charge is -2.40. The zero-order valence-corrected chi connectivity index (χ0v) is 19.1. The highest BCUT2D eigenvalue weighted by atomic mass is 16.2. The molecule has 0 atom stereocenters. The fourth-order valence-electron chi connectivity index (χ4n) is 4.47. The molecule has 0 spiro atoms. The average molecular weight is 442 g/mol. The van der Waals surface area contributed by atoms with E-state index in [1.807, 2.05) is 49.4 Å². The molecule has 5 heteroatoms. The fraction of sp³-hybridized carbons (Fsp3) is 0.286. The molecule has 3 aromatic carbocycles. The van der Waals surface area contributed by atoms with Gasteiger partial charge >= 0.3 is 11.8 Å². The first-order chi connectivity index (χ1) is 16.2. The fourth-order valence-corrected chi connectivity index (χ4v) is 4.47. The van der Waals surface area contributed by atoms with Crippen LogP contribution in [0.2, 0.25) is 0 Å². The lowest BCUT2D eigenvalue weighted by molar-refractivity contribution is -0.153. The van der Waals surface area contributed by atoms with Gasteiger partial charge in [0, 0.05) is 39.3 Å². The van der Waals surface area contributed by atoms with E-state index in [0.717, 1.165) is 18.7 Å². The SMILES string of the molecule is CCN(Cc1ccccc1)C(=O)C(=O)N1CCN(C(c2ccccc2)c2ccccc2)CC1. The highest BCUT2D eigenvalue weighted by molar-refractivity contribution is 6.34. The van der Waals surface area contributed by atoms with Crippen LogP contribution in [0, 0.1) is 0 Å². The largest absolute Gasteiger partial charge is 0.332 e. The van der Waals surface area contributed by atoms with Crippen LogP contribution in [0.5, 0.6) is 0 Å². The predicted octanol–water partition coefficient (Wildman–Crippen LogP) is 3.97. The van der Waals surface area contributed by atoms with Crippen molar-refractivity contribution in [2.24, 2.45) is 0 Å². The molecule has 0 bridgehead atoms. The highest BCUT2D eigenvalue weighted by Crippen LogP contribution is 2.29. The van der Waals surface area contributed by atoms with Crippen LogP contribution in [0.3, 0.4) is 0 Å². The number of amides is 2. The minimum absolute atomic E-state index is 0.130. The van der Waals surface area contributed by atoms with Gasteiger partial charge < -0.3 is 9.80 Å². The zero-order chi connectivity index (χ0) is 23.0. The third-order valence-corrected chi connectivity index (χ3v) is 6.27. The van der Waals surface area contributed by atoms with Crippen LogP contribution in [-0.2, 0) is 16.1 Å². The number of benzene rings is 3. The first-order valence-corrected chi connectivity index (χ1v) is 11.6. The Kier molecular flexibility index (Phi) is 7.53. The van der Waals surface area contributed by atoms with Crippen molar-refractivity contribution in [3.05, 3.63) is 108 Å². The summed E-state index contributed by atoms with van der Waals surface area (Å²) < 4.78 is 0. The van der Waals surface area contributed by atoms with E-state index in [-0.39, 0.29) is 6.04 Å². The van der Waals surface area contributed by atoms with E-state index in [0.29, 0.717) is 26.2 Å². The topological polar surface area (TPSA) is 43.9 Å². The number of hydrogen-bond acceptors (Lipinski definition) is 3. The van der Waals surface area contributed by atoms with Gasteiger partial charge in [0.15, 0.2) is 0 Å². The molecule has 0 aromatic heterocycles. The number of hydrogen-bond donors (Lipinski definition) is 0. The summed E-state index contributed by atoms with van der Waals surface area (Å²) in [6.07, 6.45) is 0. The van der Waals surface area contributed by atoms with Crippen LogP contribution in [0.1, 0.15) is 29.7 Å². The number of carbonyl (C=O) groups excluding carboxylic acids is 2. The zero-order valence-electron chi connectivity index (χ0n) is 19.1. The molecule has 0 unspecified atom stereocenters. The lowest BCUT2D eigenvalue weighted by atomic mass is 9.96. The number of likely N-dealkylation sites (N-methyl/N-ethyl adjacent to an activating group) is 1. The Labute approximate surface area is 196 Å². The molecule has 0 saturated carbocycles. The average Bonchev–Trinajstić information content (AvgIpc) is 2.89. The van der Waals surface area contributed by atoms with Gasteiger partial charge in [0.1, 0.15) is 0 Å². The molecule has 1 saturated heterocycles. The minimum Gasteiger partial charge on any atom is -0.332 e. The minimum atomic E-state index is -0.419. The van der Waals surface area contributed by atoms with Crippen molar-refractivity contribution in [3.8, 4) is 0 Å². The van der Waals surface area contributed by atoms with Crippen molar-refractivity contribution in [2.45, 2.75) is 19.5 Å². The van der Waals surface area contributed by atoms with E-state index in [2.05, 4.69) is 53.4 Å². The number of piperazine rings is 1. The first kappa shape index (κ1) is 22.7. The molecular formula is C28H31N3O2. The van der Waals surface area contributed by atoms with Crippen molar-refractivity contribution in [3.63, 3.8) is 0 Å². The molecule has 33 heavy (non-hydrogen) atoms. The summed E-state index contributed by atoms with van der Waals surface area (Å²) in [7, 11) is 0. The number of carbonyl (C=O) groups is 2. The van der Waals surface area contributed by atoms with Gasteiger partial charge in [0.2, 0.25) is 0 Å². The van der Waals surface area contributed by atoms with E-state index < -0.39 is 11.8 Å². The Hall–Kier alpha value is -3.44. The van der Waals surface area contributed by atoms with Gasteiger partial charge in [-0.05, 0) is 23.6 Å². The van der Waals surface area contributed by atoms with Crippen molar-refractivity contribution in [1.29, 1.82) is 0 Å². The maximum absolute atomic E-state index is 13.0. The number of nitrogens with zero attached hydrogens (tertiary/aromatic N) is 3. The molecule has 170 valence electrons. The first-order valence-electron chi connectivity index (χ1n) is 11.6. The van der Waals surface area contributed by atoms with Gasteiger partial charge in [-0.3, -0.25) is 14.5 Å². The Morgan fingerprint density at radius 1 is 0.758 bits per heavy atom. The van der Waals surface area contributed by atoms with E-state index in [1.165, 1.54) is 11.1 Å². The second-order valence-corrected chi connectivity index (χ2v) is 8.36. The van der Waals surface area contributed by atoms with Gasteiger partial charge in [0.05, 0.1) is 6.04 Å². The Morgan fingerprint density at radius 2 is 1.24 bits per heavy atom. The predicted molar refractivity (Wildman–Crippen MR) is 130 cm³/mol. The summed E-state index contributed by atoms with van der Waals surface area (Å²) in [5, 5.41) is 0. The van der Waals surface area contributed by atoms with Crippen LogP contribution >= 0.6 is 0 Å². The maximum atomic E-state index is 13.0. The van der Waals surface area contributed by atoms with Crippen LogP contribution in [0.4, 0.5) is 0 Å². The Morgan fingerprint density at radius 3 is 1.73 bits per heavy atom. The molecule has 0 N–H and O–H groups in total. The quantitative estimate of drug-likeness (QED) is 0.544. The monoisotopic (exact) mass is 441 g/mol. The third kappa shape index (κ3) is 5.49. The molecule has 0 aliphatic carbocycles. The van der Waals surface area contributed by atoms with E-state index in [9.17, 15) is 9.59 Å². The van der Waals surface area contributed by atoms with E-state index in [4.69, 9.17) is 0 Å². The summed E-state index contributed by atoms with van der Waals surface area (Å²) in [6, 6.07) is 30.9. The summed E-state index contributed by atoms with van der Waals surface area (Å²) in [5.41, 5.74) is 3.50. The molecule has 0 radical (unpaired) electrons. The Balaban J connectivity index is 1.42. The van der Waals surface area contributed by atoms with Crippen molar-refractivity contribution in [2.75, 3.05) is 32.7 Å². The highest BCUT2D eigenvalue weighted by Gasteiger charge is 2.32. The second-order valence-electron chi connectivity index (χ2n) is 8.36. The molecule has 3 aromatic rings. The standard InChI is InChI=1S/C28H31N3O2/c1-2-29(22-23-12-6-3-7-13-23)27(32)28(33)31-20-18-30(19-21-31)26(24-14-8-4-9-15-24)25-16-10-5-11-17-25/h3-17,26H,2,18-22H2,1H3. The molecule has 1 heterocycles. The summed E-state index contributed by atoms with van der Waals surface area (Å²) in [5.74, 6) is -0.819.